The van der Waals surface area contributed by atoms with Crippen LogP contribution in [-0.4, -0.2) is 29.9 Å². The molecule has 2 fully saturated rings. The van der Waals surface area contributed by atoms with E-state index in [-0.39, 0.29) is 23.7 Å². The van der Waals surface area contributed by atoms with Gasteiger partial charge in [-0.15, -0.1) is 0 Å². The highest BCUT2D eigenvalue weighted by Gasteiger charge is 2.61. The average molecular weight is 304 g/mol. The molecule has 0 aromatic heterocycles. The van der Waals surface area contributed by atoms with Crippen molar-refractivity contribution in [2.75, 3.05) is 0 Å². The predicted molar refractivity (Wildman–Crippen MR) is 77.6 cm³/mol. The zero-order chi connectivity index (χ0) is 16.2. The lowest BCUT2D eigenvalue weighted by molar-refractivity contribution is -0.162. The van der Waals surface area contributed by atoms with Crippen molar-refractivity contribution in [3.05, 3.63) is 24.3 Å². The number of allylic oxidation sites excluding steroid dienone is 2. The number of carbonyl (C=O) groups excluding carboxylic acids is 3. The van der Waals surface area contributed by atoms with Gasteiger partial charge in [-0.1, -0.05) is 19.6 Å². The summed E-state index contributed by atoms with van der Waals surface area (Å²) in [6, 6.07) is 0. The molecule has 1 aliphatic heterocycles. The predicted octanol–water partition coefficient (Wildman–Crippen LogP) is 1.82. The second-order valence-electron chi connectivity index (χ2n) is 6.77. The van der Waals surface area contributed by atoms with Crippen molar-refractivity contribution in [2.24, 2.45) is 23.2 Å². The third kappa shape index (κ3) is 1.87. The lowest BCUT2D eigenvalue weighted by Gasteiger charge is -2.39. The third-order valence-electron chi connectivity index (χ3n) is 5.43. The van der Waals surface area contributed by atoms with Gasteiger partial charge in [-0.25, -0.2) is 4.79 Å². The maximum Gasteiger partial charge on any atom is 0.334 e. The Morgan fingerprint density at radius 2 is 2.14 bits per heavy atom. The Kier molecular flexibility index (Phi) is 3.27. The van der Waals surface area contributed by atoms with Crippen molar-refractivity contribution in [1.29, 1.82) is 0 Å². The monoisotopic (exact) mass is 304 g/mol. The lowest BCUT2D eigenvalue weighted by atomic mass is 9.67. The van der Waals surface area contributed by atoms with Crippen LogP contribution in [0.3, 0.4) is 0 Å². The van der Waals surface area contributed by atoms with Gasteiger partial charge in [0.15, 0.2) is 5.78 Å². The van der Waals surface area contributed by atoms with Crippen molar-refractivity contribution >= 4 is 17.7 Å². The molecule has 3 aliphatic rings. The number of carbonyl (C=O) groups is 3. The van der Waals surface area contributed by atoms with Crippen LogP contribution < -0.4 is 0 Å². The highest BCUT2D eigenvalue weighted by atomic mass is 16.6. The normalized spacial score (nSPS) is 43.4. The Labute approximate surface area is 129 Å². The molecule has 0 bridgehead atoms. The Hall–Kier alpha value is -1.91. The van der Waals surface area contributed by atoms with Crippen LogP contribution in [0, 0.1) is 23.2 Å². The molecule has 0 amide bonds. The summed E-state index contributed by atoms with van der Waals surface area (Å²) in [5, 5.41) is 0. The van der Waals surface area contributed by atoms with E-state index in [2.05, 4.69) is 6.58 Å². The second-order valence-corrected chi connectivity index (χ2v) is 6.77. The molecule has 0 N–H and O–H groups in total. The lowest BCUT2D eigenvalue weighted by Crippen LogP contribution is -2.49. The fourth-order valence-electron chi connectivity index (χ4n) is 4.33. The topological polar surface area (TPSA) is 69.7 Å². The number of esters is 2. The quantitative estimate of drug-likeness (QED) is 0.546. The highest BCUT2D eigenvalue weighted by molar-refractivity contribution is 5.99. The molecule has 0 spiro atoms. The first-order valence-electron chi connectivity index (χ1n) is 7.56. The summed E-state index contributed by atoms with van der Waals surface area (Å²) in [4.78, 5) is 36.1. The molecule has 1 unspecified atom stereocenters. The van der Waals surface area contributed by atoms with E-state index in [9.17, 15) is 14.4 Å². The SMILES string of the molecule is C=C1C(=O)O[C@H]2C[C@@H](C)C3C=CC(=O)[C@@]3(C)[C@@H](OC(C)=O)[C@H]12. The van der Waals surface area contributed by atoms with E-state index in [0.29, 0.717) is 12.0 Å². The van der Waals surface area contributed by atoms with E-state index in [1.54, 1.807) is 6.08 Å². The highest BCUT2D eigenvalue weighted by Crippen LogP contribution is 2.54. The fraction of sp³-hybridized carbons (Fsp3) is 0.588. The van der Waals surface area contributed by atoms with Gasteiger partial charge in [-0.3, -0.25) is 9.59 Å². The van der Waals surface area contributed by atoms with Gasteiger partial charge in [0.2, 0.25) is 0 Å². The maximum absolute atomic E-state index is 12.6. The fourth-order valence-corrected chi connectivity index (χ4v) is 4.33. The number of hydrogen-bond acceptors (Lipinski definition) is 5. The van der Waals surface area contributed by atoms with Gasteiger partial charge in [0.1, 0.15) is 12.2 Å². The molecule has 0 aromatic rings. The van der Waals surface area contributed by atoms with Crippen LogP contribution in [0.4, 0.5) is 0 Å². The van der Waals surface area contributed by atoms with Gasteiger partial charge < -0.3 is 9.47 Å². The number of rotatable bonds is 1. The second kappa shape index (κ2) is 4.80. The van der Waals surface area contributed by atoms with Crippen molar-refractivity contribution in [2.45, 2.75) is 39.4 Å². The van der Waals surface area contributed by atoms with Crippen molar-refractivity contribution < 1.29 is 23.9 Å². The van der Waals surface area contributed by atoms with E-state index in [0.717, 1.165) is 0 Å². The minimum Gasteiger partial charge on any atom is -0.461 e. The van der Waals surface area contributed by atoms with E-state index in [4.69, 9.17) is 9.47 Å². The van der Waals surface area contributed by atoms with Crippen LogP contribution in [0.2, 0.25) is 0 Å². The zero-order valence-electron chi connectivity index (χ0n) is 13.0. The zero-order valence-corrected chi connectivity index (χ0v) is 13.0. The van der Waals surface area contributed by atoms with Gasteiger partial charge in [0.25, 0.3) is 0 Å². The van der Waals surface area contributed by atoms with Gasteiger partial charge in [-0.2, -0.15) is 0 Å². The van der Waals surface area contributed by atoms with Crippen LogP contribution in [0.15, 0.2) is 24.3 Å². The summed E-state index contributed by atoms with van der Waals surface area (Å²) >= 11 is 0. The first-order chi connectivity index (χ1) is 10.3. The first kappa shape index (κ1) is 15.0. The van der Waals surface area contributed by atoms with Crippen LogP contribution >= 0.6 is 0 Å². The molecule has 6 atom stereocenters. The van der Waals surface area contributed by atoms with Crippen molar-refractivity contribution in [1.82, 2.24) is 0 Å². The Balaban J connectivity index is 2.12. The van der Waals surface area contributed by atoms with Crippen LogP contribution in [-0.2, 0) is 23.9 Å². The first-order valence-corrected chi connectivity index (χ1v) is 7.56. The summed E-state index contributed by atoms with van der Waals surface area (Å²) in [5.74, 6) is -1.35. The Bertz CT molecular complexity index is 604. The molecular weight excluding hydrogens is 284 g/mol. The third-order valence-corrected chi connectivity index (χ3v) is 5.43. The molecule has 0 aromatic carbocycles. The van der Waals surface area contributed by atoms with E-state index < -0.39 is 29.4 Å². The largest absolute Gasteiger partial charge is 0.461 e. The van der Waals surface area contributed by atoms with Gasteiger partial charge >= 0.3 is 11.9 Å². The molecule has 1 saturated carbocycles. The molecule has 22 heavy (non-hydrogen) atoms. The van der Waals surface area contributed by atoms with Crippen molar-refractivity contribution in [3.63, 3.8) is 0 Å². The smallest absolute Gasteiger partial charge is 0.334 e. The summed E-state index contributed by atoms with van der Waals surface area (Å²) in [6.07, 6.45) is 2.98. The van der Waals surface area contributed by atoms with Gasteiger partial charge in [0, 0.05) is 12.5 Å². The van der Waals surface area contributed by atoms with Crippen LogP contribution in [0.1, 0.15) is 27.2 Å². The number of fused-ring (bicyclic) bond motifs is 2. The Morgan fingerprint density at radius 1 is 1.45 bits per heavy atom. The molecule has 2 aliphatic carbocycles. The average Bonchev–Trinajstić information content (AvgIpc) is 2.84. The molecule has 1 saturated heterocycles. The summed E-state index contributed by atoms with van der Waals surface area (Å²) in [5.41, 5.74) is -0.577. The summed E-state index contributed by atoms with van der Waals surface area (Å²) < 4.78 is 11.0. The molecule has 5 nitrogen and oxygen atoms in total. The number of ketones is 1. The number of hydrogen-bond donors (Lipinski definition) is 0. The van der Waals surface area contributed by atoms with Gasteiger partial charge in [-0.05, 0) is 31.3 Å². The maximum atomic E-state index is 12.6. The summed E-state index contributed by atoms with van der Waals surface area (Å²) in [7, 11) is 0. The van der Waals surface area contributed by atoms with Gasteiger partial charge in [0.05, 0.1) is 11.3 Å². The van der Waals surface area contributed by atoms with Crippen molar-refractivity contribution in [3.8, 4) is 0 Å². The molecule has 1 heterocycles. The molecule has 3 rings (SSSR count). The van der Waals surface area contributed by atoms with E-state index in [1.165, 1.54) is 6.92 Å². The minimum absolute atomic E-state index is 0.0403. The Morgan fingerprint density at radius 3 is 2.77 bits per heavy atom. The van der Waals surface area contributed by atoms with E-state index in [1.807, 2.05) is 19.9 Å². The molecular formula is C17H20O5. The van der Waals surface area contributed by atoms with Crippen LogP contribution in [0.25, 0.3) is 0 Å². The molecule has 5 heteroatoms. The minimum atomic E-state index is -0.874. The van der Waals surface area contributed by atoms with Crippen LogP contribution in [0.5, 0.6) is 0 Å². The molecule has 0 radical (unpaired) electrons. The molecule has 118 valence electrons. The van der Waals surface area contributed by atoms with E-state index >= 15 is 0 Å². The summed E-state index contributed by atoms with van der Waals surface area (Å²) in [6.45, 7) is 8.99. The number of ether oxygens (including phenoxy) is 2. The standard InChI is InChI=1S/C17H20O5/c1-8-7-12-14(9(2)16(20)22-12)15(21-10(3)18)17(4)11(8)5-6-13(17)19/h5-6,8,11-12,14-15H,2,7H2,1,3-4H3/t8-,11?,12+,14-,15+,17+/m1/s1.